The van der Waals surface area contributed by atoms with Crippen LogP contribution in [0.1, 0.15) is 18.4 Å². The van der Waals surface area contributed by atoms with Crippen LogP contribution in [0.15, 0.2) is 48.7 Å². The predicted molar refractivity (Wildman–Crippen MR) is 108 cm³/mol. The quantitative estimate of drug-likeness (QED) is 0.591. The number of nitrogens with zero attached hydrogens (tertiary/aromatic N) is 4. The molecule has 148 valence electrons. The van der Waals surface area contributed by atoms with Crippen molar-refractivity contribution in [2.45, 2.75) is 19.4 Å². The second kappa shape index (κ2) is 8.32. The van der Waals surface area contributed by atoms with E-state index in [1.165, 1.54) is 18.2 Å². The number of rotatable bonds is 4. The highest BCUT2D eigenvalue weighted by Gasteiger charge is 2.22. The van der Waals surface area contributed by atoms with Crippen molar-refractivity contribution >= 4 is 11.6 Å². The molecule has 0 atom stereocenters. The van der Waals surface area contributed by atoms with Crippen molar-refractivity contribution in [2.75, 3.05) is 13.1 Å². The molecule has 1 fully saturated rings. The lowest BCUT2D eigenvalue weighted by atomic mass is 9.98. The van der Waals surface area contributed by atoms with E-state index in [1.54, 1.807) is 28.9 Å². The van der Waals surface area contributed by atoms with Crippen molar-refractivity contribution in [1.29, 1.82) is 5.26 Å². The minimum Gasteiger partial charge on any atom is -0.299 e. The van der Waals surface area contributed by atoms with Crippen LogP contribution in [0.4, 0.5) is 8.78 Å². The Labute approximate surface area is 172 Å². The number of benzene rings is 2. The van der Waals surface area contributed by atoms with E-state index < -0.39 is 5.82 Å². The molecule has 1 aliphatic rings. The summed E-state index contributed by atoms with van der Waals surface area (Å²) in [4.78, 5) is 2.25. The van der Waals surface area contributed by atoms with Crippen molar-refractivity contribution in [2.24, 2.45) is 5.92 Å². The number of likely N-dealkylation sites (tertiary alicyclic amines) is 1. The molecule has 7 heteroatoms. The summed E-state index contributed by atoms with van der Waals surface area (Å²) < 4.78 is 29.6. The molecule has 0 unspecified atom stereocenters. The summed E-state index contributed by atoms with van der Waals surface area (Å²) in [5, 5.41) is 13.7. The molecule has 0 bridgehead atoms. The first kappa shape index (κ1) is 19.6. The summed E-state index contributed by atoms with van der Waals surface area (Å²) in [6.45, 7) is 2.21. The van der Waals surface area contributed by atoms with Gasteiger partial charge in [-0.1, -0.05) is 23.7 Å². The second-order valence-corrected chi connectivity index (χ2v) is 7.61. The summed E-state index contributed by atoms with van der Waals surface area (Å²) in [6.07, 6.45) is 3.49. The van der Waals surface area contributed by atoms with Crippen molar-refractivity contribution in [3.05, 3.63) is 70.9 Å². The van der Waals surface area contributed by atoms with E-state index in [-0.39, 0.29) is 16.8 Å². The van der Waals surface area contributed by atoms with Gasteiger partial charge in [0.1, 0.15) is 17.3 Å². The van der Waals surface area contributed by atoms with Crippen LogP contribution in [0.3, 0.4) is 0 Å². The molecular weight excluding hydrogens is 394 g/mol. The number of aromatic nitrogens is 2. The van der Waals surface area contributed by atoms with Gasteiger partial charge in [-0.2, -0.15) is 10.4 Å². The minimum atomic E-state index is -0.502. The second-order valence-electron chi connectivity index (χ2n) is 7.21. The number of piperidine rings is 1. The molecule has 29 heavy (non-hydrogen) atoms. The number of hydrogen-bond acceptors (Lipinski definition) is 3. The normalized spacial score (nSPS) is 15.4. The summed E-state index contributed by atoms with van der Waals surface area (Å²) in [6, 6.07) is 13.2. The topological polar surface area (TPSA) is 44.9 Å². The van der Waals surface area contributed by atoms with Gasteiger partial charge in [0.15, 0.2) is 0 Å². The molecular formula is C22H19ClF2N4. The fraction of sp³-hybridized carbons (Fsp3) is 0.273. The molecule has 4 nitrogen and oxygen atoms in total. The van der Waals surface area contributed by atoms with Crippen molar-refractivity contribution < 1.29 is 8.78 Å². The van der Waals surface area contributed by atoms with E-state index in [0.717, 1.165) is 31.5 Å². The molecule has 1 aliphatic heterocycles. The maximum absolute atomic E-state index is 14.5. The van der Waals surface area contributed by atoms with E-state index in [9.17, 15) is 8.78 Å². The van der Waals surface area contributed by atoms with Gasteiger partial charge in [0.25, 0.3) is 0 Å². The number of halogens is 3. The first-order valence-corrected chi connectivity index (χ1v) is 9.84. The Morgan fingerprint density at radius 3 is 2.55 bits per heavy atom. The smallest absolute Gasteiger partial charge is 0.141 e. The van der Waals surface area contributed by atoms with Gasteiger partial charge in [-0.3, -0.25) is 4.90 Å². The highest BCUT2D eigenvalue weighted by molar-refractivity contribution is 6.30. The Hall–Kier alpha value is -2.75. The molecule has 2 heterocycles. The number of nitriles is 1. The van der Waals surface area contributed by atoms with E-state index >= 15 is 0 Å². The summed E-state index contributed by atoms with van der Waals surface area (Å²) in [5.41, 5.74) is 2.43. The Balaban J connectivity index is 1.70. The SMILES string of the molecule is N#CC1CCN(Cc2cn(-c3ccc(F)c(Cl)c3)nc2-c2ccccc2F)CC1. The Bertz CT molecular complexity index is 1060. The standard InChI is InChI=1S/C22H19ClF2N4/c23-19-11-17(5-6-21(19)25)29-14-16(13-28-9-7-15(12-26)8-10-28)22(27-29)18-3-1-2-4-20(18)24/h1-6,11,14-15H,7-10,13H2. The van der Waals surface area contributed by atoms with Crippen LogP contribution in [0.5, 0.6) is 0 Å². The van der Waals surface area contributed by atoms with Crippen molar-refractivity contribution in [1.82, 2.24) is 14.7 Å². The molecule has 2 aromatic carbocycles. The molecule has 3 aromatic rings. The van der Waals surface area contributed by atoms with Gasteiger partial charge in [-0.25, -0.2) is 13.5 Å². The van der Waals surface area contributed by atoms with Crippen molar-refractivity contribution in [3.63, 3.8) is 0 Å². The highest BCUT2D eigenvalue weighted by atomic mass is 35.5. The zero-order chi connectivity index (χ0) is 20.4. The van der Waals surface area contributed by atoms with E-state index in [4.69, 9.17) is 16.9 Å². The fourth-order valence-corrected chi connectivity index (χ4v) is 3.80. The van der Waals surface area contributed by atoms with Gasteiger partial charge in [0, 0.05) is 29.8 Å². The van der Waals surface area contributed by atoms with E-state index in [1.807, 2.05) is 6.20 Å². The fourth-order valence-electron chi connectivity index (χ4n) is 3.63. The van der Waals surface area contributed by atoms with Gasteiger partial charge < -0.3 is 0 Å². The Morgan fingerprint density at radius 2 is 1.86 bits per heavy atom. The molecule has 0 saturated carbocycles. The molecule has 4 rings (SSSR count). The molecule has 1 saturated heterocycles. The summed E-state index contributed by atoms with van der Waals surface area (Å²) in [7, 11) is 0. The minimum absolute atomic E-state index is 0.00516. The van der Waals surface area contributed by atoms with E-state index in [2.05, 4.69) is 16.1 Å². The summed E-state index contributed by atoms with van der Waals surface area (Å²) >= 11 is 5.92. The van der Waals surface area contributed by atoms with E-state index in [0.29, 0.717) is 23.5 Å². The highest BCUT2D eigenvalue weighted by Crippen LogP contribution is 2.29. The van der Waals surface area contributed by atoms with Crippen LogP contribution in [-0.4, -0.2) is 27.8 Å². The largest absolute Gasteiger partial charge is 0.299 e. The third kappa shape index (κ3) is 4.16. The molecule has 0 spiro atoms. The first-order valence-electron chi connectivity index (χ1n) is 9.46. The lowest BCUT2D eigenvalue weighted by molar-refractivity contribution is 0.198. The van der Waals surface area contributed by atoms with Crippen LogP contribution < -0.4 is 0 Å². The maximum Gasteiger partial charge on any atom is 0.141 e. The first-order chi connectivity index (χ1) is 14.0. The van der Waals surface area contributed by atoms with Gasteiger partial charge in [-0.05, 0) is 56.3 Å². The average molecular weight is 413 g/mol. The Kier molecular flexibility index (Phi) is 5.61. The third-order valence-electron chi connectivity index (χ3n) is 5.25. The average Bonchev–Trinajstić information content (AvgIpc) is 3.14. The van der Waals surface area contributed by atoms with Crippen LogP contribution in [-0.2, 0) is 6.54 Å². The lowest BCUT2D eigenvalue weighted by Gasteiger charge is -2.28. The van der Waals surface area contributed by atoms with Gasteiger partial charge in [0.05, 0.1) is 16.8 Å². The molecule has 0 N–H and O–H groups in total. The third-order valence-corrected chi connectivity index (χ3v) is 5.54. The zero-order valence-electron chi connectivity index (χ0n) is 15.7. The monoisotopic (exact) mass is 412 g/mol. The molecule has 0 amide bonds. The predicted octanol–water partition coefficient (Wildman–Crippen LogP) is 5.21. The number of hydrogen-bond donors (Lipinski definition) is 0. The van der Waals surface area contributed by atoms with Crippen LogP contribution in [0, 0.1) is 28.9 Å². The molecule has 0 radical (unpaired) electrons. The Morgan fingerprint density at radius 1 is 1.10 bits per heavy atom. The van der Waals surface area contributed by atoms with Gasteiger partial charge in [0.2, 0.25) is 0 Å². The summed E-state index contributed by atoms with van der Waals surface area (Å²) in [5.74, 6) is -0.752. The van der Waals surface area contributed by atoms with Gasteiger partial charge in [-0.15, -0.1) is 0 Å². The van der Waals surface area contributed by atoms with Crippen LogP contribution in [0.25, 0.3) is 16.9 Å². The zero-order valence-corrected chi connectivity index (χ0v) is 16.4. The van der Waals surface area contributed by atoms with Crippen LogP contribution >= 0.6 is 11.6 Å². The van der Waals surface area contributed by atoms with Crippen molar-refractivity contribution in [3.8, 4) is 23.0 Å². The molecule has 0 aliphatic carbocycles. The van der Waals surface area contributed by atoms with Gasteiger partial charge >= 0.3 is 0 Å². The maximum atomic E-state index is 14.5. The van der Waals surface area contributed by atoms with Crippen LogP contribution in [0.2, 0.25) is 5.02 Å². The lowest BCUT2D eigenvalue weighted by Crippen LogP contribution is -2.32. The molecule has 1 aromatic heterocycles.